The normalized spacial score (nSPS) is 13.0. The number of likely N-dealkylation sites (N-methyl/N-ethyl adjacent to an activating group) is 1. The predicted octanol–water partition coefficient (Wildman–Crippen LogP) is 3.58. The second-order valence-electron chi connectivity index (χ2n) is 8.16. The van der Waals surface area contributed by atoms with Gasteiger partial charge in [0.05, 0.1) is 28.4 Å². The van der Waals surface area contributed by atoms with E-state index >= 15 is 0 Å². The summed E-state index contributed by atoms with van der Waals surface area (Å²) in [6.45, 7) is 8.15. The summed E-state index contributed by atoms with van der Waals surface area (Å²) in [5.41, 5.74) is 1.52. The fourth-order valence-corrected chi connectivity index (χ4v) is 3.75. The van der Waals surface area contributed by atoms with Gasteiger partial charge in [0.15, 0.2) is 23.0 Å². The summed E-state index contributed by atoms with van der Waals surface area (Å²) in [5, 5.41) is 6.57. The Bertz CT molecular complexity index is 1080. The zero-order valence-corrected chi connectivity index (χ0v) is 22.8. The Labute approximate surface area is 219 Å². The van der Waals surface area contributed by atoms with Crippen LogP contribution in [0, 0.1) is 0 Å². The van der Waals surface area contributed by atoms with Gasteiger partial charge in [-0.15, -0.1) is 0 Å². The van der Waals surface area contributed by atoms with Crippen LogP contribution in [0.5, 0.6) is 28.7 Å². The molecule has 0 amide bonds. The van der Waals surface area contributed by atoms with Crippen LogP contribution < -0.4 is 34.3 Å². The van der Waals surface area contributed by atoms with Gasteiger partial charge in [-0.25, -0.2) is 4.99 Å². The van der Waals surface area contributed by atoms with E-state index < -0.39 is 0 Å². The van der Waals surface area contributed by atoms with Crippen molar-refractivity contribution in [3.8, 4) is 28.7 Å². The molecular formula is C26H38N6O5. The molecule has 1 aliphatic rings. The summed E-state index contributed by atoms with van der Waals surface area (Å²) in [5.74, 6) is 4.00. The van der Waals surface area contributed by atoms with Crippen molar-refractivity contribution in [2.45, 2.75) is 13.8 Å². The highest BCUT2D eigenvalue weighted by Gasteiger charge is 2.18. The summed E-state index contributed by atoms with van der Waals surface area (Å²) >= 11 is 0. The number of aliphatic imine (C=N–C) groups is 2. The summed E-state index contributed by atoms with van der Waals surface area (Å²) in [7, 11) is 8.25. The molecule has 3 rings (SSSR count). The maximum absolute atomic E-state index is 5.97. The molecule has 0 saturated carbocycles. The highest BCUT2D eigenvalue weighted by atomic mass is 16.5. The van der Waals surface area contributed by atoms with Gasteiger partial charge in [-0.3, -0.25) is 0 Å². The molecule has 11 heteroatoms. The first-order valence-electron chi connectivity index (χ1n) is 12.2. The Morgan fingerprint density at radius 2 is 1.49 bits per heavy atom. The third kappa shape index (κ3) is 7.10. The summed E-state index contributed by atoms with van der Waals surface area (Å²) in [4.78, 5) is 13.4. The quantitative estimate of drug-likeness (QED) is 0.440. The Morgan fingerprint density at radius 3 is 2.08 bits per heavy atom. The minimum atomic E-state index is 0.419. The van der Waals surface area contributed by atoms with Gasteiger partial charge >= 0.3 is 0 Å². The molecule has 0 spiro atoms. The number of rotatable bonds is 12. The SMILES string of the molecule is CCN(CC)CCOc1ccc(NC2=NC(Nc3cc(OC)c(OC)c(OC)c3)=NCN2C)cc1OC. The van der Waals surface area contributed by atoms with Crippen molar-refractivity contribution in [1.29, 1.82) is 0 Å². The zero-order valence-electron chi connectivity index (χ0n) is 22.8. The first kappa shape index (κ1) is 27.7. The van der Waals surface area contributed by atoms with E-state index in [1.807, 2.05) is 30.1 Å². The number of hydrogen-bond acceptors (Lipinski definition) is 11. The van der Waals surface area contributed by atoms with Gasteiger partial charge in [-0.2, -0.15) is 4.99 Å². The van der Waals surface area contributed by atoms with Crippen molar-refractivity contribution < 1.29 is 23.7 Å². The molecule has 0 saturated heterocycles. The number of anilines is 2. The second-order valence-corrected chi connectivity index (χ2v) is 8.16. The molecule has 202 valence electrons. The molecule has 0 radical (unpaired) electrons. The van der Waals surface area contributed by atoms with Crippen LogP contribution in [0.4, 0.5) is 11.4 Å². The van der Waals surface area contributed by atoms with E-state index in [1.165, 1.54) is 0 Å². The summed E-state index contributed by atoms with van der Waals surface area (Å²) in [6.07, 6.45) is 0. The first-order valence-corrected chi connectivity index (χ1v) is 12.2. The van der Waals surface area contributed by atoms with E-state index in [2.05, 4.69) is 39.4 Å². The first-order chi connectivity index (χ1) is 18.0. The fraction of sp³-hybridized carbons (Fsp3) is 0.462. The van der Waals surface area contributed by atoms with Crippen molar-refractivity contribution >= 4 is 23.3 Å². The Balaban J connectivity index is 1.73. The van der Waals surface area contributed by atoms with Crippen LogP contribution in [0.1, 0.15) is 13.8 Å². The molecule has 1 heterocycles. The highest BCUT2D eigenvalue weighted by Crippen LogP contribution is 2.40. The van der Waals surface area contributed by atoms with Gasteiger partial charge in [-0.05, 0) is 25.2 Å². The smallest absolute Gasteiger partial charge is 0.227 e. The molecule has 0 unspecified atom stereocenters. The minimum absolute atomic E-state index is 0.419. The summed E-state index contributed by atoms with van der Waals surface area (Å²) in [6, 6.07) is 9.32. The van der Waals surface area contributed by atoms with Crippen LogP contribution >= 0.6 is 0 Å². The van der Waals surface area contributed by atoms with Crippen molar-refractivity contribution in [2.24, 2.45) is 9.98 Å². The van der Waals surface area contributed by atoms with Crippen molar-refractivity contribution in [1.82, 2.24) is 9.80 Å². The van der Waals surface area contributed by atoms with Crippen LogP contribution in [0.3, 0.4) is 0 Å². The lowest BCUT2D eigenvalue weighted by Gasteiger charge is -2.25. The number of nitrogens with one attached hydrogen (secondary N) is 2. The molecule has 0 bridgehead atoms. The van der Waals surface area contributed by atoms with Crippen molar-refractivity contribution in [2.75, 3.05) is 79.0 Å². The number of nitrogens with zero attached hydrogens (tertiary/aromatic N) is 4. The van der Waals surface area contributed by atoms with E-state index in [4.69, 9.17) is 23.7 Å². The molecule has 0 fully saturated rings. The highest BCUT2D eigenvalue weighted by molar-refractivity contribution is 6.07. The molecular weight excluding hydrogens is 476 g/mol. The van der Waals surface area contributed by atoms with E-state index in [-0.39, 0.29) is 0 Å². The van der Waals surface area contributed by atoms with Crippen LogP contribution in [0.2, 0.25) is 0 Å². The molecule has 2 aromatic rings. The number of ether oxygens (including phenoxy) is 5. The average molecular weight is 515 g/mol. The van der Waals surface area contributed by atoms with Crippen LogP contribution in [-0.2, 0) is 0 Å². The number of benzene rings is 2. The second kappa shape index (κ2) is 13.4. The predicted molar refractivity (Wildman–Crippen MR) is 147 cm³/mol. The van der Waals surface area contributed by atoms with Gasteiger partial charge < -0.3 is 44.1 Å². The third-order valence-electron chi connectivity index (χ3n) is 5.91. The van der Waals surface area contributed by atoms with Gasteiger partial charge in [0.25, 0.3) is 0 Å². The van der Waals surface area contributed by atoms with Gasteiger partial charge in [0.1, 0.15) is 13.3 Å². The lowest BCUT2D eigenvalue weighted by molar-refractivity contribution is 0.217. The Hall–Kier alpha value is -3.86. The molecule has 0 aliphatic carbocycles. The molecule has 1 aliphatic heterocycles. The van der Waals surface area contributed by atoms with E-state index in [0.717, 1.165) is 25.3 Å². The maximum atomic E-state index is 5.97. The molecule has 37 heavy (non-hydrogen) atoms. The van der Waals surface area contributed by atoms with Gasteiger partial charge in [0.2, 0.25) is 17.7 Å². The minimum Gasteiger partial charge on any atom is -0.493 e. The standard InChI is InChI=1S/C26H38N6O5/c1-8-32(9-2)12-13-37-20-11-10-18(14-21(20)33-4)29-26-30-25(27-17-31(26)3)28-19-15-22(34-5)24(36-7)23(16-19)35-6/h10-11,14-16H,8-9,12-13,17H2,1-7H3,(H2,27,28,29,30). The lowest BCUT2D eigenvalue weighted by Crippen LogP contribution is -2.38. The Morgan fingerprint density at radius 1 is 0.838 bits per heavy atom. The van der Waals surface area contributed by atoms with Crippen LogP contribution in [0.25, 0.3) is 0 Å². The van der Waals surface area contributed by atoms with Crippen molar-refractivity contribution in [3.05, 3.63) is 30.3 Å². The van der Waals surface area contributed by atoms with Gasteiger partial charge in [-0.1, -0.05) is 13.8 Å². The largest absolute Gasteiger partial charge is 0.493 e. The molecule has 11 nitrogen and oxygen atoms in total. The van der Waals surface area contributed by atoms with E-state index in [0.29, 0.717) is 59.6 Å². The average Bonchev–Trinajstić information content (AvgIpc) is 2.92. The van der Waals surface area contributed by atoms with Crippen molar-refractivity contribution in [3.63, 3.8) is 0 Å². The van der Waals surface area contributed by atoms with E-state index in [1.54, 1.807) is 40.6 Å². The number of hydrogen-bond donors (Lipinski definition) is 2. The topological polar surface area (TPSA) is 101 Å². The van der Waals surface area contributed by atoms with E-state index in [9.17, 15) is 0 Å². The van der Waals surface area contributed by atoms with Crippen LogP contribution in [0.15, 0.2) is 40.3 Å². The van der Waals surface area contributed by atoms with Gasteiger partial charge in [0, 0.05) is 43.2 Å². The summed E-state index contributed by atoms with van der Waals surface area (Å²) < 4.78 is 27.8. The Kier molecular flexibility index (Phi) is 10.1. The molecule has 2 N–H and O–H groups in total. The molecule has 0 aromatic heterocycles. The molecule has 0 atom stereocenters. The number of guanidine groups is 2. The zero-order chi connectivity index (χ0) is 26.8. The number of methoxy groups -OCH3 is 4. The fourth-order valence-electron chi connectivity index (χ4n) is 3.75. The maximum Gasteiger partial charge on any atom is 0.227 e. The molecule has 2 aromatic carbocycles. The lowest BCUT2D eigenvalue weighted by atomic mass is 10.2. The third-order valence-corrected chi connectivity index (χ3v) is 5.91. The monoisotopic (exact) mass is 514 g/mol. The van der Waals surface area contributed by atoms with Crippen LogP contribution in [-0.4, -0.2) is 90.1 Å².